The fourth-order valence-corrected chi connectivity index (χ4v) is 3.44. The van der Waals surface area contributed by atoms with Gasteiger partial charge in [-0.3, -0.25) is 0 Å². The van der Waals surface area contributed by atoms with Crippen LogP contribution in [0.5, 0.6) is 0 Å². The molecular weight excluding hydrogens is 274 g/mol. The third-order valence-corrected chi connectivity index (χ3v) is 5.28. The molecule has 2 aromatic rings. The van der Waals surface area contributed by atoms with E-state index in [4.69, 9.17) is 0 Å². The molecule has 0 aliphatic carbocycles. The quantitative estimate of drug-likeness (QED) is 0.571. The Kier molecular flexibility index (Phi) is 6.31. The molecule has 0 aliphatic rings. The Morgan fingerprint density at radius 2 is 1.76 bits per heavy atom. The predicted octanol–water partition coefficient (Wildman–Crippen LogP) is 6.22. The topological polar surface area (TPSA) is 12.0 Å². The summed E-state index contributed by atoms with van der Waals surface area (Å²) in [6.45, 7) is 6.70. The highest BCUT2D eigenvalue weighted by Crippen LogP contribution is 2.26. The SMILES string of the molecule is CCCCCc1ccc(NC(C)c2ccc(CC)s2)cc1. The van der Waals surface area contributed by atoms with Crippen molar-refractivity contribution >= 4 is 17.0 Å². The largest absolute Gasteiger partial charge is 0.378 e. The summed E-state index contributed by atoms with van der Waals surface area (Å²) in [7, 11) is 0. The van der Waals surface area contributed by atoms with Gasteiger partial charge in [-0.25, -0.2) is 0 Å². The van der Waals surface area contributed by atoms with Gasteiger partial charge < -0.3 is 5.32 Å². The number of unbranched alkanes of at least 4 members (excludes halogenated alkanes) is 2. The van der Waals surface area contributed by atoms with E-state index in [1.807, 2.05) is 11.3 Å². The highest BCUT2D eigenvalue weighted by Gasteiger charge is 2.08. The minimum atomic E-state index is 0.376. The molecule has 0 bridgehead atoms. The van der Waals surface area contributed by atoms with Gasteiger partial charge in [-0.2, -0.15) is 0 Å². The minimum Gasteiger partial charge on any atom is -0.378 e. The van der Waals surface area contributed by atoms with E-state index >= 15 is 0 Å². The molecule has 1 aromatic heterocycles. The highest BCUT2D eigenvalue weighted by molar-refractivity contribution is 7.12. The summed E-state index contributed by atoms with van der Waals surface area (Å²) in [6.07, 6.45) is 6.25. The van der Waals surface area contributed by atoms with Crippen LogP contribution in [0.1, 0.15) is 61.4 Å². The summed E-state index contributed by atoms with van der Waals surface area (Å²) in [6, 6.07) is 13.8. The first kappa shape index (κ1) is 16.1. The van der Waals surface area contributed by atoms with Crippen LogP contribution in [0, 0.1) is 0 Å². The van der Waals surface area contributed by atoms with Crippen LogP contribution in [0.2, 0.25) is 0 Å². The Balaban J connectivity index is 1.90. The van der Waals surface area contributed by atoms with E-state index < -0.39 is 0 Å². The zero-order valence-electron chi connectivity index (χ0n) is 13.5. The van der Waals surface area contributed by atoms with Gasteiger partial charge in [0.1, 0.15) is 0 Å². The van der Waals surface area contributed by atoms with E-state index in [-0.39, 0.29) is 0 Å². The number of nitrogens with one attached hydrogen (secondary N) is 1. The second-order valence-corrected chi connectivity index (χ2v) is 6.88. The second kappa shape index (κ2) is 8.23. The molecule has 0 fully saturated rings. The second-order valence-electron chi connectivity index (χ2n) is 5.68. The maximum absolute atomic E-state index is 3.60. The average Bonchev–Trinajstić information content (AvgIpc) is 2.98. The Morgan fingerprint density at radius 1 is 1.00 bits per heavy atom. The maximum Gasteiger partial charge on any atom is 0.0578 e. The molecule has 0 saturated carbocycles. The van der Waals surface area contributed by atoms with Crippen molar-refractivity contribution in [1.82, 2.24) is 0 Å². The normalized spacial score (nSPS) is 12.3. The molecule has 0 aliphatic heterocycles. The molecule has 1 N–H and O–H groups in total. The summed E-state index contributed by atoms with van der Waals surface area (Å²) in [4.78, 5) is 2.88. The lowest BCUT2D eigenvalue weighted by Gasteiger charge is -2.14. The van der Waals surface area contributed by atoms with Crippen molar-refractivity contribution in [3.63, 3.8) is 0 Å². The van der Waals surface area contributed by atoms with Crippen molar-refractivity contribution < 1.29 is 0 Å². The molecule has 21 heavy (non-hydrogen) atoms. The molecule has 0 radical (unpaired) electrons. The molecule has 0 saturated heterocycles. The molecule has 0 spiro atoms. The summed E-state index contributed by atoms with van der Waals surface area (Å²) in [5.41, 5.74) is 2.67. The third kappa shape index (κ3) is 4.89. The van der Waals surface area contributed by atoms with Crippen molar-refractivity contribution in [3.8, 4) is 0 Å². The van der Waals surface area contributed by atoms with Gasteiger partial charge in [-0.1, -0.05) is 38.8 Å². The molecule has 2 rings (SSSR count). The standard InChI is InChI=1S/C19H27NS/c1-4-6-7-8-16-9-11-17(12-10-16)20-15(3)19-14-13-18(5-2)21-19/h9-15,20H,4-8H2,1-3H3. The Hall–Kier alpha value is -1.28. The summed E-state index contributed by atoms with van der Waals surface area (Å²) in [5, 5.41) is 3.60. The van der Waals surface area contributed by atoms with Gasteiger partial charge in [0.25, 0.3) is 0 Å². The van der Waals surface area contributed by atoms with Crippen molar-refractivity contribution in [1.29, 1.82) is 0 Å². The van der Waals surface area contributed by atoms with Gasteiger partial charge in [0.05, 0.1) is 6.04 Å². The summed E-state index contributed by atoms with van der Waals surface area (Å²) >= 11 is 1.91. The number of benzene rings is 1. The lowest BCUT2D eigenvalue weighted by atomic mass is 10.1. The zero-order valence-corrected chi connectivity index (χ0v) is 14.3. The lowest BCUT2D eigenvalue weighted by molar-refractivity contribution is 0.717. The number of thiophene rings is 1. The van der Waals surface area contributed by atoms with Crippen LogP contribution < -0.4 is 5.32 Å². The molecule has 114 valence electrons. The van der Waals surface area contributed by atoms with Gasteiger partial charge in [-0.05, 0) is 56.0 Å². The number of hydrogen-bond acceptors (Lipinski definition) is 2. The van der Waals surface area contributed by atoms with Crippen LogP contribution in [-0.4, -0.2) is 0 Å². The highest BCUT2D eigenvalue weighted by atomic mass is 32.1. The Bertz CT molecular complexity index is 527. The lowest BCUT2D eigenvalue weighted by Crippen LogP contribution is -2.04. The first-order chi connectivity index (χ1) is 10.2. The van der Waals surface area contributed by atoms with Gasteiger partial charge in [-0.15, -0.1) is 11.3 Å². The van der Waals surface area contributed by atoms with Gasteiger partial charge >= 0.3 is 0 Å². The van der Waals surface area contributed by atoms with E-state index in [1.54, 1.807) is 0 Å². The van der Waals surface area contributed by atoms with E-state index in [9.17, 15) is 0 Å². The number of hydrogen-bond donors (Lipinski definition) is 1. The number of rotatable bonds is 8. The summed E-state index contributed by atoms with van der Waals surface area (Å²) < 4.78 is 0. The predicted molar refractivity (Wildman–Crippen MR) is 95.4 cm³/mol. The van der Waals surface area contributed by atoms with E-state index in [0.717, 1.165) is 6.42 Å². The van der Waals surface area contributed by atoms with Crippen molar-refractivity contribution in [2.24, 2.45) is 0 Å². The number of anilines is 1. The fraction of sp³-hybridized carbons (Fsp3) is 0.474. The first-order valence-corrected chi connectivity index (χ1v) is 8.98. The van der Waals surface area contributed by atoms with E-state index in [2.05, 4.69) is 62.5 Å². The summed E-state index contributed by atoms with van der Waals surface area (Å²) in [5.74, 6) is 0. The molecule has 0 amide bonds. The van der Waals surface area contributed by atoms with Gasteiger partial charge in [0.15, 0.2) is 0 Å². The molecule has 1 heterocycles. The molecule has 1 unspecified atom stereocenters. The zero-order chi connectivity index (χ0) is 15.1. The minimum absolute atomic E-state index is 0.376. The molecule has 1 atom stereocenters. The van der Waals surface area contributed by atoms with Crippen molar-refractivity contribution in [2.45, 2.75) is 58.9 Å². The molecule has 1 nitrogen and oxygen atoms in total. The molecular formula is C19H27NS. The Morgan fingerprint density at radius 3 is 2.38 bits per heavy atom. The third-order valence-electron chi connectivity index (χ3n) is 3.86. The molecule has 1 aromatic carbocycles. The molecule has 2 heteroatoms. The van der Waals surface area contributed by atoms with E-state index in [0.29, 0.717) is 6.04 Å². The smallest absolute Gasteiger partial charge is 0.0578 e. The first-order valence-electron chi connectivity index (χ1n) is 8.17. The Labute approximate surface area is 133 Å². The van der Waals surface area contributed by atoms with Crippen LogP contribution >= 0.6 is 11.3 Å². The van der Waals surface area contributed by atoms with Gasteiger partial charge in [0, 0.05) is 15.4 Å². The monoisotopic (exact) mass is 301 g/mol. The van der Waals surface area contributed by atoms with Crippen LogP contribution in [0.25, 0.3) is 0 Å². The number of aryl methyl sites for hydroxylation is 2. The maximum atomic E-state index is 3.60. The fourth-order valence-electron chi connectivity index (χ4n) is 2.49. The van der Waals surface area contributed by atoms with Crippen molar-refractivity contribution in [2.75, 3.05) is 5.32 Å². The van der Waals surface area contributed by atoms with E-state index in [1.165, 1.54) is 46.7 Å². The van der Waals surface area contributed by atoms with Crippen LogP contribution in [-0.2, 0) is 12.8 Å². The van der Waals surface area contributed by atoms with Crippen molar-refractivity contribution in [3.05, 3.63) is 51.7 Å². The van der Waals surface area contributed by atoms with Crippen LogP contribution in [0.4, 0.5) is 5.69 Å². The van der Waals surface area contributed by atoms with Gasteiger partial charge in [0.2, 0.25) is 0 Å². The van der Waals surface area contributed by atoms with Crippen LogP contribution in [0.3, 0.4) is 0 Å². The van der Waals surface area contributed by atoms with Crippen LogP contribution in [0.15, 0.2) is 36.4 Å². The average molecular weight is 301 g/mol.